The first kappa shape index (κ1) is 11.6. The van der Waals surface area contributed by atoms with Gasteiger partial charge in [0.1, 0.15) is 5.82 Å². The van der Waals surface area contributed by atoms with Crippen molar-refractivity contribution in [2.24, 2.45) is 0 Å². The van der Waals surface area contributed by atoms with Crippen LogP contribution >= 0.6 is 0 Å². The molecule has 1 N–H and O–H groups in total. The number of hydrogen-bond acceptors (Lipinski definition) is 2. The maximum atomic E-state index is 4.33. The number of nitrogens with one attached hydrogen (secondary N) is 1. The van der Waals surface area contributed by atoms with Crippen LogP contribution in [0.15, 0.2) is 48.7 Å². The smallest absolute Gasteiger partial charge is 0.130 e. The summed E-state index contributed by atoms with van der Waals surface area (Å²) in [7, 11) is 0. The van der Waals surface area contributed by atoms with E-state index >= 15 is 0 Å². The molecule has 0 saturated carbocycles. The SMILES string of the molecule is CCCCc1ccnc(Nc2ccccc2)c1. The number of aromatic nitrogens is 1. The van der Waals surface area contributed by atoms with Crippen molar-refractivity contribution in [1.29, 1.82) is 0 Å². The molecule has 0 saturated heterocycles. The third kappa shape index (κ3) is 3.59. The van der Waals surface area contributed by atoms with Gasteiger partial charge in [-0.25, -0.2) is 4.98 Å². The van der Waals surface area contributed by atoms with Gasteiger partial charge in [0.05, 0.1) is 0 Å². The molecule has 0 spiro atoms. The van der Waals surface area contributed by atoms with Gasteiger partial charge in [0.2, 0.25) is 0 Å². The Labute approximate surface area is 103 Å². The summed E-state index contributed by atoms with van der Waals surface area (Å²) in [6.45, 7) is 2.21. The van der Waals surface area contributed by atoms with Crippen molar-refractivity contribution in [2.75, 3.05) is 5.32 Å². The maximum Gasteiger partial charge on any atom is 0.130 e. The Bertz CT molecular complexity index is 451. The van der Waals surface area contributed by atoms with Crippen molar-refractivity contribution in [1.82, 2.24) is 4.98 Å². The second-order valence-corrected chi connectivity index (χ2v) is 4.14. The summed E-state index contributed by atoms with van der Waals surface area (Å²) in [6.07, 6.45) is 5.46. The fourth-order valence-corrected chi connectivity index (χ4v) is 1.75. The Morgan fingerprint density at radius 1 is 1.12 bits per heavy atom. The van der Waals surface area contributed by atoms with E-state index in [1.807, 2.05) is 36.5 Å². The number of nitrogens with zero attached hydrogens (tertiary/aromatic N) is 1. The summed E-state index contributed by atoms with van der Waals surface area (Å²) in [6, 6.07) is 14.3. The van der Waals surface area contributed by atoms with Crippen LogP contribution < -0.4 is 5.32 Å². The molecule has 2 heteroatoms. The minimum absolute atomic E-state index is 0.921. The normalized spacial score (nSPS) is 10.2. The van der Waals surface area contributed by atoms with Gasteiger partial charge in [0.15, 0.2) is 0 Å². The van der Waals surface area contributed by atoms with Crippen molar-refractivity contribution in [3.8, 4) is 0 Å². The van der Waals surface area contributed by atoms with Crippen molar-refractivity contribution in [2.45, 2.75) is 26.2 Å². The first-order valence-corrected chi connectivity index (χ1v) is 6.15. The van der Waals surface area contributed by atoms with Gasteiger partial charge in [-0.1, -0.05) is 31.5 Å². The molecule has 0 unspecified atom stereocenters. The second-order valence-electron chi connectivity index (χ2n) is 4.14. The van der Waals surface area contributed by atoms with Crippen molar-refractivity contribution >= 4 is 11.5 Å². The lowest BCUT2D eigenvalue weighted by Gasteiger charge is -2.07. The fraction of sp³-hybridized carbons (Fsp3) is 0.267. The van der Waals surface area contributed by atoms with Crippen molar-refractivity contribution in [3.63, 3.8) is 0 Å². The zero-order valence-electron chi connectivity index (χ0n) is 10.2. The first-order chi connectivity index (χ1) is 8.38. The van der Waals surface area contributed by atoms with Gasteiger partial charge in [-0.05, 0) is 42.7 Å². The molecule has 1 aromatic heterocycles. The Kier molecular flexibility index (Phi) is 4.14. The summed E-state index contributed by atoms with van der Waals surface area (Å²) < 4.78 is 0. The van der Waals surface area contributed by atoms with Crippen molar-refractivity contribution in [3.05, 3.63) is 54.2 Å². The number of unbranched alkanes of at least 4 members (excludes halogenated alkanes) is 1. The minimum Gasteiger partial charge on any atom is -0.340 e. The highest BCUT2D eigenvalue weighted by Gasteiger charge is 1.97. The van der Waals surface area contributed by atoms with Crippen LogP contribution in [0.4, 0.5) is 11.5 Å². The van der Waals surface area contributed by atoms with Gasteiger partial charge in [0.25, 0.3) is 0 Å². The molecule has 0 amide bonds. The van der Waals surface area contributed by atoms with Gasteiger partial charge < -0.3 is 5.32 Å². The van der Waals surface area contributed by atoms with Crippen LogP contribution in [0.3, 0.4) is 0 Å². The van der Waals surface area contributed by atoms with Crippen LogP contribution in [-0.2, 0) is 6.42 Å². The largest absolute Gasteiger partial charge is 0.340 e. The van der Waals surface area contributed by atoms with Crippen LogP contribution in [0.1, 0.15) is 25.3 Å². The molecule has 88 valence electrons. The highest BCUT2D eigenvalue weighted by atomic mass is 15.0. The molecule has 2 aromatic rings. The zero-order chi connectivity index (χ0) is 11.9. The molecule has 2 rings (SSSR count). The molecular weight excluding hydrogens is 208 g/mol. The highest BCUT2D eigenvalue weighted by molar-refractivity contribution is 5.56. The van der Waals surface area contributed by atoms with E-state index in [0.29, 0.717) is 0 Å². The third-order valence-corrected chi connectivity index (χ3v) is 2.69. The van der Waals surface area contributed by atoms with Crippen LogP contribution in [0.25, 0.3) is 0 Å². The predicted octanol–water partition coefficient (Wildman–Crippen LogP) is 4.17. The van der Waals surface area contributed by atoms with E-state index in [2.05, 4.69) is 29.4 Å². The predicted molar refractivity (Wildman–Crippen MR) is 72.6 cm³/mol. The molecule has 0 bridgehead atoms. The van der Waals surface area contributed by atoms with E-state index in [0.717, 1.165) is 17.9 Å². The topological polar surface area (TPSA) is 24.9 Å². The van der Waals surface area contributed by atoms with E-state index in [9.17, 15) is 0 Å². The Morgan fingerprint density at radius 2 is 1.94 bits per heavy atom. The summed E-state index contributed by atoms with van der Waals surface area (Å²) >= 11 is 0. The average Bonchev–Trinajstić information content (AvgIpc) is 2.38. The minimum atomic E-state index is 0.921. The van der Waals surface area contributed by atoms with Crippen LogP contribution in [-0.4, -0.2) is 4.98 Å². The molecule has 2 nitrogen and oxygen atoms in total. The van der Waals surface area contributed by atoms with E-state index in [4.69, 9.17) is 0 Å². The Morgan fingerprint density at radius 3 is 2.71 bits per heavy atom. The summed E-state index contributed by atoms with van der Waals surface area (Å²) in [5, 5.41) is 3.31. The molecule has 0 aliphatic carbocycles. The summed E-state index contributed by atoms with van der Waals surface area (Å²) in [4.78, 5) is 4.33. The summed E-state index contributed by atoms with van der Waals surface area (Å²) in [5.74, 6) is 0.921. The molecule has 0 aliphatic heterocycles. The van der Waals surface area contributed by atoms with E-state index in [1.165, 1.54) is 18.4 Å². The van der Waals surface area contributed by atoms with E-state index < -0.39 is 0 Å². The monoisotopic (exact) mass is 226 g/mol. The van der Waals surface area contributed by atoms with Gasteiger partial charge in [-0.15, -0.1) is 0 Å². The van der Waals surface area contributed by atoms with E-state index in [1.54, 1.807) is 0 Å². The zero-order valence-corrected chi connectivity index (χ0v) is 10.2. The quantitative estimate of drug-likeness (QED) is 0.827. The van der Waals surface area contributed by atoms with E-state index in [-0.39, 0.29) is 0 Å². The molecule has 1 aromatic carbocycles. The number of hydrogen-bond donors (Lipinski definition) is 1. The van der Waals surface area contributed by atoms with Gasteiger partial charge in [-0.2, -0.15) is 0 Å². The lowest BCUT2D eigenvalue weighted by Crippen LogP contribution is -1.94. The standard InChI is InChI=1S/C15H18N2/c1-2-3-7-13-10-11-16-15(12-13)17-14-8-5-4-6-9-14/h4-6,8-12H,2-3,7H2,1H3,(H,16,17). The molecule has 0 radical (unpaired) electrons. The molecule has 0 fully saturated rings. The number of anilines is 2. The molecule has 0 aliphatic rings. The van der Waals surface area contributed by atoms with Gasteiger partial charge in [0, 0.05) is 11.9 Å². The lowest BCUT2D eigenvalue weighted by molar-refractivity contribution is 0.794. The number of para-hydroxylation sites is 1. The lowest BCUT2D eigenvalue weighted by atomic mass is 10.1. The Balaban J connectivity index is 2.06. The highest BCUT2D eigenvalue weighted by Crippen LogP contribution is 2.15. The second kappa shape index (κ2) is 6.04. The fourth-order valence-electron chi connectivity index (χ4n) is 1.75. The summed E-state index contributed by atoms with van der Waals surface area (Å²) in [5.41, 5.74) is 2.42. The molecule has 0 atom stereocenters. The van der Waals surface area contributed by atoms with Gasteiger partial charge in [-0.3, -0.25) is 0 Å². The molecule has 17 heavy (non-hydrogen) atoms. The average molecular weight is 226 g/mol. The van der Waals surface area contributed by atoms with Crippen LogP contribution in [0, 0.1) is 0 Å². The van der Waals surface area contributed by atoms with Crippen molar-refractivity contribution < 1.29 is 0 Å². The van der Waals surface area contributed by atoms with Crippen LogP contribution in [0.2, 0.25) is 0 Å². The third-order valence-electron chi connectivity index (χ3n) is 2.69. The Hall–Kier alpha value is -1.83. The first-order valence-electron chi connectivity index (χ1n) is 6.15. The van der Waals surface area contributed by atoms with Gasteiger partial charge >= 0.3 is 0 Å². The number of benzene rings is 1. The number of rotatable bonds is 5. The molecular formula is C15H18N2. The number of pyridine rings is 1. The maximum absolute atomic E-state index is 4.33. The van der Waals surface area contributed by atoms with Crippen LogP contribution in [0.5, 0.6) is 0 Å². The molecule has 1 heterocycles. The number of aryl methyl sites for hydroxylation is 1.